The molecule has 2 N–H and O–H groups in total. The molecule has 1 aliphatic carbocycles. The largest absolute Gasteiger partial charge is 0.331 e. The zero-order chi connectivity index (χ0) is 17.0. The number of hydrogen-bond acceptors (Lipinski definition) is 2. The highest BCUT2D eigenvalue weighted by atomic mass is 19.3. The van der Waals surface area contributed by atoms with E-state index in [1.54, 1.807) is 6.07 Å². The molecule has 4 heteroatoms. The van der Waals surface area contributed by atoms with Gasteiger partial charge in [0.1, 0.15) is 0 Å². The highest BCUT2D eigenvalue weighted by molar-refractivity contribution is 5.18. The molecule has 1 heterocycles. The third kappa shape index (κ3) is 8.42. The monoisotopic (exact) mass is 314 g/mol. The van der Waals surface area contributed by atoms with Gasteiger partial charge in [-0.25, -0.2) is 8.78 Å². The molecule has 0 saturated heterocycles. The van der Waals surface area contributed by atoms with Crippen molar-refractivity contribution in [3.63, 3.8) is 0 Å². The zero-order valence-corrected chi connectivity index (χ0v) is 14.5. The third-order valence-electron chi connectivity index (χ3n) is 3.55. The van der Waals surface area contributed by atoms with Gasteiger partial charge in [-0.3, -0.25) is 4.98 Å². The van der Waals surface area contributed by atoms with Crippen LogP contribution in [0.2, 0.25) is 0 Å². The summed E-state index contributed by atoms with van der Waals surface area (Å²) in [7, 11) is 0. The van der Waals surface area contributed by atoms with Crippen LogP contribution in [0, 0.1) is 5.92 Å². The lowest BCUT2D eigenvalue weighted by molar-refractivity contribution is 0.0171. The minimum Gasteiger partial charge on any atom is -0.331 e. The number of rotatable bonds is 3. The predicted molar refractivity (Wildman–Crippen MR) is 90.2 cm³/mol. The molecule has 128 valence electrons. The summed E-state index contributed by atoms with van der Waals surface area (Å²) in [6.45, 7) is 7.56. The topological polar surface area (TPSA) is 38.9 Å². The Kier molecular flexibility index (Phi) is 11.0. The van der Waals surface area contributed by atoms with Crippen LogP contribution in [0.25, 0.3) is 0 Å². The SMILES string of the molecule is CC.CC(F)(F)c1ccc(CC2CCCCC2)nc1.CCN. The van der Waals surface area contributed by atoms with Crippen molar-refractivity contribution in [3.05, 3.63) is 29.6 Å². The summed E-state index contributed by atoms with van der Waals surface area (Å²) in [4.78, 5) is 4.16. The number of alkyl halides is 2. The molecular formula is C18H32F2N2. The molecule has 0 radical (unpaired) electrons. The van der Waals surface area contributed by atoms with Crippen molar-refractivity contribution < 1.29 is 8.78 Å². The molecular weight excluding hydrogens is 282 g/mol. The van der Waals surface area contributed by atoms with Gasteiger partial charge in [0.2, 0.25) is 0 Å². The van der Waals surface area contributed by atoms with Gasteiger partial charge >= 0.3 is 0 Å². The second-order valence-corrected chi connectivity index (χ2v) is 5.54. The lowest BCUT2D eigenvalue weighted by Gasteiger charge is -2.21. The second kappa shape index (κ2) is 11.5. The van der Waals surface area contributed by atoms with Gasteiger partial charge in [0, 0.05) is 24.4 Å². The fraction of sp³-hybridized carbons (Fsp3) is 0.722. The first kappa shape index (κ1) is 21.0. The molecule has 0 aromatic carbocycles. The number of halogens is 2. The van der Waals surface area contributed by atoms with Gasteiger partial charge in [-0.2, -0.15) is 0 Å². The van der Waals surface area contributed by atoms with Crippen LogP contribution in [-0.4, -0.2) is 11.5 Å². The van der Waals surface area contributed by atoms with Crippen LogP contribution >= 0.6 is 0 Å². The van der Waals surface area contributed by atoms with E-state index in [1.807, 2.05) is 20.8 Å². The van der Waals surface area contributed by atoms with Crippen LogP contribution in [0.1, 0.15) is 71.1 Å². The van der Waals surface area contributed by atoms with E-state index in [9.17, 15) is 8.78 Å². The average molecular weight is 314 g/mol. The van der Waals surface area contributed by atoms with Crippen LogP contribution in [0.3, 0.4) is 0 Å². The van der Waals surface area contributed by atoms with Gasteiger partial charge in [-0.05, 0) is 31.0 Å². The van der Waals surface area contributed by atoms with Crippen LogP contribution in [0.5, 0.6) is 0 Å². The summed E-state index contributed by atoms with van der Waals surface area (Å²) in [5.74, 6) is -2.08. The Labute approximate surface area is 134 Å². The van der Waals surface area contributed by atoms with Crippen LogP contribution in [0.15, 0.2) is 18.3 Å². The summed E-state index contributed by atoms with van der Waals surface area (Å²) in [6.07, 6.45) is 8.71. The summed E-state index contributed by atoms with van der Waals surface area (Å²) >= 11 is 0. The average Bonchev–Trinajstić information content (AvgIpc) is 2.51. The summed E-state index contributed by atoms with van der Waals surface area (Å²) in [6, 6.07) is 3.26. The minimum absolute atomic E-state index is 0.00453. The Morgan fingerprint density at radius 1 is 1.18 bits per heavy atom. The Balaban J connectivity index is 0.000000789. The van der Waals surface area contributed by atoms with Crippen molar-refractivity contribution in [2.45, 2.75) is 72.1 Å². The molecule has 0 atom stereocenters. The molecule has 1 fully saturated rings. The van der Waals surface area contributed by atoms with E-state index in [0.29, 0.717) is 5.92 Å². The van der Waals surface area contributed by atoms with Crippen LogP contribution in [-0.2, 0) is 12.3 Å². The molecule has 0 spiro atoms. The Bertz CT molecular complexity index is 366. The maximum absolute atomic E-state index is 13.0. The predicted octanol–water partition coefficient (Wildman–Crippen LogP) is 5.31. The van der Waals surface area contributed by atoms with Crippen molar-refractivity contribution in [2.24, 2.45) is 11.7 Å². The van der Waals surface area contributed by atoms with Gasteiger partial charge in [-0.1, -0.05) is 52.9 Å². The summed E-state index contributed by atoms with van der Waals surface area (Å²) in [5.41, 5.74) is 5.80. The van der Waals surface area contributed by atoms with Gasteiger partial charge in [-0.15, -0.1) is 0 Å². The van der Waals surface area contributed by atoms with Crippen molar-refractivity contribution in [2.75, 3.05) is 6.54 Å². The Morgan fingerprint density at radius 3 is 2.14 bits per heavy atom. The second-order valence-electron chi connectivity index (χ2n) is 5.54. The van der Waals surface area contributed by atoms with E-state index in [0.717, 1.165) is 25.6 Å². The number of pyridine rings is 1. The van der Waals surface area contributed by atoms with Gasteiger partial charge in [0.15, 0.2) is 0 Å². The minimum atomic E-state index is -2.78. The van der Waals surface area contributed by atoms with Crippen molar-refractivity contribution in [1.82, 2.24) is 4.98 Å². The highest BCUT2D eigenvalue weighted by Crippen LogP contribution is 2.28. The molecule has 0 bridgehead atoms. The van der Waals surface area contributed by atoms with Gasteiger partial charge in [0.05, 0.1) is 0 Å². The van der Waals surface area contributed by atoms with E-state index < -0.39 is 5.92 Å². The van der Waals surface area contributed by atoms with Crippen molar-refractivity contribution in [3.8, 4) is 0 Å². The number of nitrogens with zero attached hydrogens (tertiary/aromatic N) is 1. The zero-order valence-electron chi connectivity index (χ0n) is 14.5. The smallest absolute Gasteiger partial charge is 0.272 e. The first-order valence-electron chi connectivity index (χ1n) is 8.50. The molecule has 0 amide bonds. The number of hydrogen-bond donors (Lipinski definition) is 1. The first-order chi connectivity index (χ1) is 10.5. The van der Waals surface area contributed by atoms with Gasteiger partial charge < -0.3 is 5.73 Å². The quantitative estimate of drug-likeness (QED) is 0.821. The van der Waals surface area contributed by atoms with E-state index in [2.05, 4.69) is 4.98 Å². The molecule has 2 rings (SSSR count). The maximum atomic E-state index is 13.0. The van der Waals surface area contributed by atoms with Crippen LogP contribution < -0.4 is 5.73 Å². The Morgan fingerprint density at radius 2 is 1.73 bits per heavy atom. The van der Waals surface area contributed by atoms with Gasteiger partial charge in [0.25, 0.3) is 5.92 Å². The van der Waals surface area contributed by atoms with Crippen molar-refractivity contribution >= 4 is 0 Å². The van der Waals surface area contributed by atoms with E-state index in [-0.39, 0.29) is 5.56 Å². The number of aromatic nitrogens is 1. The third-order valence-corrected chi connectivity index (χ3v) is 3.55. The molecule has 1 aromatic rings. The fourth-order valence-electron chi connectivity index (χ4n) is 2.49. The first-order valence-corrected chi connectivity index (χ1v) is 8.50. The lowest BCUT2D eigenvalue weighted by Crippen LogP contribution is -2.11. The maximum Gasteiger partial charge on any atom is 0.272 e. The molecule has 0 aliphatic heterocycles. The molecule has 0 unspecified atom stereocenters. The molecule has 22 heavy (non-hydrogen) atoms. The summed E-state index contributed by atoms with van der Waals surface area (Å²) < 4.78 is 26.0. The Hall–Kier alpha value is -1.03. The van der Waals surface area contributed by atoms with Crippen molar-refractivity contribution in [1.29, 1.82) is 0 Å². The molecule has 1 aliphatic rings. The normalized spacial score (nSPS) is 15.2. The molecule has 1 aromatic heterocycles. The van der Waals surface area contributed by atoms with Crippen LogP contribution in [0.4, 0.5) is 8.78 Å². The summed E-state index contributed by atoms with van der Waals surface area (Å²) in [5, 5.41) is 0. The van der Waals surface area contributed by atoms with E-state index in [4.69, 9.17) is 5.73 Å². The molecule has 1 saturated carbocycles. The fourth-order valence-corrected chi connectivity index (χ4v) is 2.49. The lowest BCUT2D eigenvalue weighted by atomic mass is 9.86. The highest BCUT2D eigenvalue weighted by Gasteiger charge is 2.24. The standard InChI is InChI=1S/C14H19F2N.C2H7N.C2H6/c1-14(15,16)12-7-8-13(17-10-12)9-11-5-3-2-4-6-11;1-2-3;1-2/h7-8,10-11H,2-6,9H2,1H3;2-3H2,1H3;1-2H3. The molecule has 2 nitrogen and oxygen atoms in total. The van der Waals surface area contributed by atoms with E-state index >= 15 is 0 Å². The van der Waals surface area contributed by atoms with E-state index in [1.165, 1.54) is 44.4 Å². The number of nitrogens with two attached hydrogens (primary N) is 1.